The van der Waals surface area contributed by atoms with E-state index in [0.29, 0.717) is 16.6 Å². The van der Waals surface area contributed by atoms with Crippen molar-refractivity contribution in [1.29, 1.82) is 0 Å². The zero-order valence-corrected chi connectivity index (χ0v) is 17.2. The van der Waals surface area contributed by atoms with Gasteiger partial charge in [-0.3, -0.25) is 14.4 Å². The van der Waals surface area contributed by atoms with Gasteiger partial charge in [-0.2, -0.15) is 0 Å². The maximum atomic E-state index is 12.7. The number of hydrogen-bond acceptors (Lipinski definition) is 4. The summed E-state index contributed by atoms with van der Waals surface area (Å²) in [5, 5.41) is 3.58. The average Bonchev–Trinajstić information content (AvgIpc) is 2.83. The fraction of sp³-hybridized carbons (Fsp3) is 0.0769. The minimum atomic E-state index is -0.911. The van der Waals surface area contributed by atoms with E-state index < -0.39 is 17.9 Å². The minimum Gasteiger partial charge on any atom is -0.368 e. The number of para-hydroxylation sites is 1. The second-order valence-electron chi connectivity index (χ2n) is 7.41. The van der Waals surface area contributed by atoms with E-state index in [4.69, 9.17) is 5.73 Å². The van der Waals surface area contributed by atoms with Crippen molar-refractivity contribution in [1.82, 2.24) is 10.3 Å². The Labute approximate surface area is 185 Å². The molecule has 0 aliphatic rings. The molecule has 0 unspecified atom stereocenters. The highest BCUT2D eigenvalue weighted by atomic mass is 16.2. The lowest BCUT2D eigenvalue weighted by atomic mass is 9.99. The summed E-state index contributed by atoms with van der Waals surface area (Å²) in [6.45, 7) is 0. The van der Waals surface area contributed by atoms with Gasteiger partial charge in [0.05, 0.1) is 5.52 Å². The Kier molecular flexibility index (Phi) is 6.03. The number of ketones is 1. The molecule has 0 radical (unpaired) electrons. The molecule has 0 spiro atoms. The van der Waals surface area contributed by atoms with E-state index in [1.807, 2.05) is 42.5 Å². The topological polar surface area (TPSA) is 102 Å². The number of aromatic nitrogens is 1. The van der Waals surface area contributed by atoms with Crippen LogP contribution in [0.15, 0.2) is 91.0 Å². The van der Waals surface area contributed by atoms with Crippen molar-refractivity contribution in [2.45, 2.75) is 12.5 Å². The van der Waals surface area contributed by atoms with Gasteiger partial charge in [0, 0.05) is 22.9 Å². The summed E-state index contributed by atoms with van der Waals surface area (Å²) >= 11 is 0. The van der Waals surface area contributed by atoms with Gasteiger partial charge in [0.2, 0.25) is 5.91 Å². The summed E-state index contributed by atoms with van der Waals surface area (Å²) in [6, 6.07) is 25.9. The van der Waals surface area contributed by atoms with Crippen LogP contribution in [0, 0.1) is 0 Å². The molecule has 158 valence electrons. The van der Waals surface area contributed by atoms with Gasteiger partial charge < -0.3 is 11.1 Å². The molecular formula is C26H21N3O3. The Morgan fingerprint density at radius 3 is 2.16 bits per heavy atom. The lowest BCUT2D eigenvalue weighted by molar-refractivity contribution is -0.119. The molecule has 6 nitrogen and oxygen atoms in total. The number of amides is 2. The Balaban J connectivity index is 1.46. The van der Waals surface area contributed by atoms with Gasteiger partial charge >= 0.3 is 0 Å². The van der Waals surface area contributed by atoms with Crippen LogP contribution in [0.3, 0.4) is 0 Å². The number of nitrogens with one attached hydrogen (secondary N) is 1. The standard InChI is InChI=1S/C26H21N3O3/c27-25(31)23(29-26(32)22-15-14-18-6-4-5-9-21(18)28-22)16-17-10-12-20(13-11-17)24(30)19-7-2-1-3-8-19/h1-15,23H,16H2,(H2,27,31)(H,29,32)/t23-/m1/s1. The van der Waals surface area contributed by atoms with Crippen molar-refractivity contribution in [2.75, 3.05) is 0 Å². The fourth-order valence-corrected chi connectivity index (χ4v) is 3.43. The van der Waals surface area contributed by atoms with Crippen molar-refractivity contribution >= 4 is 28.5 Å². The zero-order valence-electron chi connectivity index (χ0n) is 17.2. The lowest BCUT2D eigenvalue weighted by Gasteiger charge is -2.16. The van der Waals surface area contributed by atoms with E-state index in [0.717, 1.165) is 10.9 Å². The molecule has 0 saturated carbocycles. The zero-order chi connectivity index (χ0) is 22.5. The Bertz CT molecular complexity index is 1280. The first-order valence-electron chi connectivity index (χ1n) is 10.2. The molecule has 1 aromatic heterocycles. The third kappa shape index (κ3) is 4.70. The van der Waals surface area contributed by atoms with Gasteiger partial charge in [-0.1, -0.05) is 78.9 Å². The summed E-state index contributed by atoms with van der Waals surface area (Å²) in [5.74, 6) is -1.21. The van der Waals surface area contributed by atoms with Crippen molar-refractivity contribution < 1.29 is 14.4 Å². The molecule has 0 aliphatic carbocycles. The lowest BCUT2D eigenvalue weighted by Crippen LogP contribution is -2.46. The van der Waals surface area contributed by atoms with Crippen molar-refractivity contribution in [3.8, 4) is 0 Å². The second kappa shape index (κ2) is 9.22. The molecule has 32 heavy (non-hydrogen) atoms. The quantitative estimate of drug-likeness (QED) is 0.445. The molecule has 0 bridgehead atoms. The first-order valence-corrected chi connectivity index (χ1v) is 10.2. The SMILES string of the molecule is NC(=O)[C@@H](Cc1ccc(C(=O)c2ccccc2)cc1)NC(=O)c1ccc2ccccc2n1. The molecule has 0 fully saturated rings. The van der Waals surface area contributed by atoms with E-state index in [-0.39, 0.29) is 17.9 Å². The molecule has 0 saturated heterocycles. The highest BCUT2D eigenvalue weighted by molar-refractivity contribution is 6.09. The number of nitrogens with zero attached hydrogens (tertiary/aromatic N) is 1. The summed E-state index contributed by atoms with van der Waals surface area (Å²) in [5.41, 5.74) is 8.34. The number of carbonyl (C=O) groups is 3. The third-order valence-corrected chi connectivity index (χ3v) is 5.17. The molecule has 2 amide bonds. The predicted octanol–water partition coefficient (Wildman–Crippen LogP) is 3.29. The summed E-state index contributed by atoms with van der Waals surface area (Å²) in [6.07, 6.45) is 0.203. The van der Waals surface area contributed by atoms with Crippen LogP contribution in [0.25, 0.3) is 10.9 Å². The van der Waals surface area contributed by atoms with Crippen molar-refractivity contribution in [3.05, 3.63) is 113 Å². The summed E-state index contributed by atoms with van der Waals surface area (Å²) in [7, 11) is 0. The van der Waals surface area contributed by atoms with Crippen LogP contribution in [0.4, 0.5) is 0 Å². The van der Waals surface area contributed by atoms with Crippen LogP contribution in [-0.2, 0) is 11.2 Å². The van der Waals surface area contributed by atoms with Crippen molar-refractivity contribution in [3.63, 3.8) is 0 Å². The van der Waals surface area contributed by atoms with E-state index >= 15 is 0 Å². The smallest absolute Gasteiger partial charge is 0.270 e. The molecule has 3 N–H and O–H groups in total. The monoisotopic (exact) mass is 423 g/mol. The molecule has 4 rings (SSSR count). The van der Waals surface area contributed by atoms with E-state index in [1.165, 1.54) is 0 Å². The van der Waals surface area contributed by atoms with Crippen LogP contribution >= 0.6 is 0 Å². The molecule has 4 aromatic rings. The van der Waals surface area contributed by atoms with Gasteiger partial charge in [0.15, 0.2) is 5.78 Å². The van der Waals surface area contributed by atoms with Gasteiger partial charge in [0.1, 0.15) is 11.7 Å². The highest BCUT2D eigenvalue weighted by Gasteiger charge is 2.20. The van der Waals surface area contributed by atoms with Gasteiger partial charge in [-0.25, -0.2) is 4.98 Å². The van der Waals surface area contributed by atoms with E-state index in [2.05, 4.69) is 10.3 Å². The Hall–Kier alpha value is -4.32. The average molecular weight is 423 g/mol. The maximum Gasteiger partial charge on any atom is 0.270 e. The largest absolute Gasteiger partial charge is 0.368 e. The molecule has 0 aliphatic heterocycles. The van der Waals surface area contributed by atoms with Gasteiger partial charge in [0.25, 0.3) is 5.91 Å². The molecule has 1 atom stereocenters. The minimum absolute atomic E-state index is 0.0840. The number of benzene rings is 3. The predicted molar refractivity (Wildman–Crippen MR) is 122 cm³/mol. The number of carbonyl (C=O) groups excluding carboxylic acids is 3. The number of fused-ring (bicyclic) bond motifs is 1. The molecular weight excluding hydrogens is 402 g/mol. The summed E-state index contributed by atoms with van der Waals surface area (Å²) in [4.78, 5) is 41.5. The van der Waals surface area contributed by atoms with E-state index in [9.17, 15) is 14.4 Å². The number of primary amides is 1. The molecule has 6 heteroatoms. The highest BCUT2D eigenvalue weighted by Crippen LogP contribution is 2.14. The van der Waals surface area contributed by atoms with Crippen LogP contribution in [0.5, 0.6) is 0 Å². The van der Waals surface area contributed by atoms with Crippen LogP contribution in [0.2, 0.25) is 0 Å². The second-order valence-corrected chi connectivity index (χ2v) is 7.41. The first-order chi connectivity index (χ1) is 15.5. The van der Waals surface area contributed by atoms with Crippen LogP contribution in [0.1, 0.15) is 32.0 Å². The molecule has 3 aromatic carbocycles. The van der Waals surface area contributed by atoms with E-state index in [1.54, 1.807) is 48.5 Å². The number of pyridine rings is 1. The Morgan fingerprint density at radius 2 is 1.44 bits per heavy atom. The maximum absolute atomic E-state index is 12.7. The fourth-order valence-electron chi connectivity index (χ4n) is 3.43. The molecule has 1 heterocycles. The Morgan fingerprint density at radius 1 is 0.781 bits per heavy atom. The van der Waals surface area contributed by atoms with Crippen molar-refractivity contribution in [2.24, 2.45) is 5.73 Å². The van der Waals surface area contributed by atoms with Gasteiger partial charge in [-0.15, -0.1) is 0 Å². The number of nitrogens with two attached hydrogens (primary N) is 1. The third-order valence-electron chi connectivity index (χ3n) is 5.17. The first kappa shape index (κ1) is 20.9. The van der Waals surface area contributed by atoms with Crippen LogP contribution < -0.4 is 11.1 Å². The number of rotatable bonds is 7. The summed E-state index contributed by atoms with van der Waals surface area (Å²) < 4.78 is 0. The number of hydrogen-bond donors (Lipinski definition) is 2. The van der Waals surface area contributed by atoms with Gasteiger partial charge in [-0.05, 0) is 17.7 Å². The van der Waals surface area contributed by atoms with Crippen LogP contribution in [-0.4, -0.2) is 28.6 Å². The normalized spacial score (nSPS) is 11.6.